The highest BCUT2D eigenvalue weighted by Crippen LogP contribution is 2.33. The fourth-order valence-electron chi connectivity index (χ4n) is 2.03. The number of carboxylic acids is 1. The molecule has 5 nitrogen and oxygen atoms in total. The molecule has 1 N–H and O–H groups in total. The Kier molecular flexibility index (Phi) is 3.46. The van der Waals surface area contributed by atoms with Crippen molar-refractivity contribution in [3.05, 3.63) is 36.2 Å². The van der Waals surface area contributed by atoms with Crippen LogP contribution in [0.2, 0.25) is 0 Å². The minimum absolute atomic E-state index is 0.243. The van der Waals surface area contributed by atoms with Gasteiger partial charge in [0, 0.05) is 18.8 Å². The van der Waals surface area contributed by atoms with E-state index in [0.29, 0.717) is 17.1 Å². The highest BCUT2D eigenvalue weighted by atomic mass is 16.5. The van der Waals surface area contributed by atoms with Gasteiger partial charge in [-0.15, -0.1) is 0 Å². The molecule has 1 aromatic carbocycles. The first-order valence-corrected chi connectivity index (χ1v) is 5.69. The van der Waals surface area contributed by atoms with Crippen molar-refractivity contribution in [3.8, 4) is 22.6 Å². The molecule has 100 valence electrons. The van der Waals surface area contributed by atoms with E-state index in [1.165, 1.54) is 0 Å². The smallest absolute Gasteiger partial charge is 0.353 e. The van der Waals surface area contributed by atoms with Crippen LogP contribution in [0.4, 0.5) is 0 Å². The van der Waals surface area contributed by atoms with Gasteiger partial charge in [-0.3, -0.25) is 0 Å². The Morgan fingerprint density at radius 3 is 2.42 bits per heavy atom. The molecule has 1 aromatic heterocycles. The number of aromatic nitrogens is 1. The molecule has 5 heteroatoms. The molecule has 0 aliphatic carbocycles. The van der Waals surface area contributed by atoms with Gasteiger partial charge in [0.1, 0.15) is 5.69 Å². The molecule has 0 unspecified atom stereocenters. The van der Waals surface area contributed by atoms with E-state index in [1.807, 2.05) is 6.07 Å². The zero-order valence-electron chi connectivity index (χ0n) is 11.0. The molecule has 0 amide bonds. The Bertz CT molecular complexity index is 616. The molecule has 0 bridgehead atoms. The molecule has 0 atom stereocenters. The van der Waals surface area contributed by atoms with Gasteiger partial charge in [-0.05, 0) is 23.8 Å². The zero-order chi connectivity index (χ0) is 14.0. The Morgan fingerprint density at radius 1 is 1.16 bits per heavy atom. The van der Waals surface area contributed by atoms with E-state index in [2.05, 4.69) is 0 Å². The van der Waals surface area contributed by atoms with Gasteiger partial charge in [0.05, 0.1) is 14.2 Å². The van der Waals surface area contributed by atoms with Gasteiger partial charge in [-0.2, -0.15) is 0 Å². The standard InChI is InChI=1S/C14H15NO4/c1-15-7-6-10(13(15)14(16)17)9-4-5-11(18-2)12(8-9)19-3/h4-8H,1-3H3,(H,16,17). The number of aryl methyl sites for hydroxylation is 1. The average Bonchev–Trinajstić information content (AvgIpc) is 2.79. The molecular formula is C14H15NO4. The van der Waals surface area contributed by atoms with E-state index in [9.17, 15) is 9.90 Å². The normalized spacial score (nSPS) is 10.3. The fraction of sp³-hybridized carbons (Fsp3) is 0.214. The Labute approximate surface area is 111 Å². The number of benzene rings is 1. The molecule has 0 saturated carbocycles. The summed E-state index contributed by atoms with van der Waals surface area (Å²) in [6.45, 7) is 0. The van der Waals surface area contributed by atoms with Crippen LogP contribution in [0.25, 0.3) is 11.1 Å². The summed E-state index contributed by atoms with van der Waals surface area (Å²) >= 11 is 0. The number of ether oxygens (including phenoxy) is 2. The minimum atomic E-state index is -0.961. The molecule has 0 aliphatic rings. The lowest BCUT2D eigenvalue weighted by Crippen LogP contribution is -2.05. The van der Waals surface area contributed by atoms with Gasteiger partial charge in [-0.25, -0.2) is 4.79 Å². The number of aromatic carboxylic acids is 1. The largest absolute Gasteiger partial charge is 0.493 e. The Morgan fingerprint density at radius 2 is 1.84 bits per heavy atom. The number of methoxy groups -OCH3 is 2. The topological polar surface area (TPSA) is 60.7 Å². The maximum absolute atomic E-state index is 11.3. The number of carbonyl (C=O) groups is 1. The molecule has 19 heavy (non-hydrogen) atoms. The second kappa shape index (κ2) is 5.06. The van der Waals surface area contributed by atoms with Gasteiger partial charge < -0.3 is 19.1 Å². The highest BCUT2D eigenvalue weighted by molar-refractivity contribution is 5.94. The monoisotopic (exact) mass is 261 g/mol. The molecule has 1 heterocycles. The highest BCUT2D eigenvalue weighted by Gasteiger charge is 2.17. The predicted molar refractivity (Wildman–Crippen MR) is 70.9 cm³/mol. The van der Waals surface area contributed by atoms with Crippen molar-refractivity contribution in [3.63, 3.8) is 0 Å². The number of hydrogen-bond acceptors (Lipinski definition) is 3. The summed E-state index contributed by atoms with van der Waals surface area (Å²) < 4.78 is 12.0. The van der Waals surface area contributed by atoms with Gasteiger partial charge in [0.15, 0.2) is 11.5 Å². The van der Waals surface area contributed by atoms with Crippen LogP contribution in [-0.2, 0) is 7.05 Å². The molecule has 0 saturated heterocycles. The van der Waals surface area contributed by atoms with E-state index < -0.39 is 5.97 Å². The van der Waals surface area contributed by atoms with Crippen LogP contribution in [0.15, 0.2) is 30.5 Å². The molecule has 0 aliphatic heterocycles. The fourth-order valence-corrected chi connectivity index (χ4v) is 2.03. The summed E-state index contributed by atoms with van der Waals surface area (Å²) in [5.41, 5.74) is 1.67. The molecule has 2 aromatic rings. The molecule has 0 radical (unpaired) electrons. The second-order valence-electron chi connectivity index (χ2n) is 4.06. The zero-order valence-corrected chi connectivity index (χ0v) is 11.0. The molecule has 2 rings (SSSR count). The van der Waals surface area contributed by atoms with Crippen molar-refractivity contribution in [1.29, 1.82) is 0 Å². The summed E-state index contributed by atoms with van der Waals surface area (Å²) in [6, 6.07) is 7.10. The number of hydrogen-bond donors (Lipinski definition) is 1. The van der Waals surface area contributed by atoms with Crippen LogP contribution in [0.5, 0.6) is 11.5 Å². The van der Waals surface area contributed by atoms with E-state index >= 15 is 0 Å². The van der Waals surface area contributed by atoms with Crippen LogP contribution in [0, 0.1) is 0 Å². The van der Waals surface area contributed by atoms with Crippen molar-refractivity contribution in [2.45, 2.75) is 0 Å². The van der Waals surface area contributed by atoms with Crippen LogP contribution >= 0.6 is 0 Å². The summed E-state index contributed by atoms with van der Waals surface area (Å²) in [5, 5.41) is 9.25. The van der Waals surface area contributed by atoms with Crippen LogP contribution in [0.3, 0.4) is 0 Å². The third-order valence-electron chi connectivity index (χ3n) is 2.97. The predicted octanol–water partition coefficient (Wildman–Crippen LogP) is 2.41. The van der Waals surface area contributed by atoms with Crippen molar-refractivity contribution in [2.24, 2.45) is 7.05 Å². The Balaban J connectivity index is 2.57. The van der Waals surface area contributed by atoms with Crippen molar-refractivity contribution >= 4 is 5.97 Å². The SMILES string of the molecule is COc1ccc(-c2ccn(C)c2C(=O)O)cc1OC. The van der Waals surface area contributed by atoms with E-state index in [-0.39, 0.29) is 5.69 Å². The second-order valence-corrected chi connectivity index (χ2v) is 4.06. The van der Waals surface area contributed by atoms with E-state index in [4.69, 9.17) is 9.47 Å². The first-order chi connectivity index (χ1) is 9.08. The molecule has 0 fully saturated rings. The summed E-state index contributed by atoms with van der Waals surface area (Å²) in [4.78, 5) is 11.3. The third kappa shape index (κ3) is 2.27. The van der Waals surface area contributed by atoms with Crippen LogP contribution < -0.4 is 9.47 Å². The summed E-state index contributed by atoms with van der Waals surface area (Å²) in [5.74, 6) is 0.219. The quantitative estimate of drug-likeness (QED) is 0.918. The summed E-state index contributed by atoms with van der Waals surface area (Å²) in [6.07, 6.45) is 1.72. The maximum atomic E-state index is 11.3. The van der Waals surface area contributed by atoms with Gasteiger partial charge in [0.2, 0.25) is 0 Å². The average molecular weight is 261 g/mol. The maximum Gasteiger partial charge on any atom is 0.353 e. The van der Waals surface area contributed by atoms with Crippen molar-refractivity contribution < 1.29 is 19.4 Å². The Hall–Kier alpha value is -2.43. The van der Waals surface area contributed by atoms with E-state index in [1.54, 1.807) is 50.2 Å². The first-order valence-electron chi connectivity index (χ1n) is 5.69. The first kappa shape index (κ1) is 13.0. The van der Waals surface area contributed by atoms with Crippen molar-refractivity contribution in [1.82, 2.24) is 4.57 Å². The summed E-state index contributed by atoms with van der Waals surface area (Å²) in [7, 11) is 4.81. The van der Waals surface area contributed by atoms with Gasteiger partial charge in [-0.1, -0.05) is 6.07 Å². The number of carboxylic acid groups (broad SMARTS) is 1. The lowest BCUT2D eigenvalue weighted by Gasteiger charge is -2.10. The lowest BCUT2D eigenvalue weighted by atomic mass is 10.1. The van der Waals surface area contributed by atoms with Crippen LogP contribution in [-0.4, -0.2) is 29.9 Å². The van der Waals surface area contributed by atoms with Gasteiger partial charge >= 0.3 is 5.97 Å². The lowest BCUT2D eigenvalue weighted by molar-refractivity contribution is 0.0687. The number of nitrogens with zero attached hydrogens (tertiary/aromatic N) is 1. The van der Waals surface area contributed by atoms with Crippen molar-refractivity contribution in [2.75, 3.05) is 14.2 Å². The van der Waals surface area contributed by atoms with Crippen LogP contribution in [0.1, 0.15) is 10.5 Å². The minimum Gasteiger partial charge on any atom is -0.493 e. The van der Waals surface area contributed by atoms with E-state index in [0.717, 1.165) is 5.56 Å². The molecule has 0 spiro atoms. The molecular weight excluding hydrogens is 246 g/mol. The van der Waals surface area contributed by atoms with Gasteiger partial charge in [0.25, 0.3) is 0 Å². The number of rotatable bonds is 4. The third-order valence-corrected chi connectivity index (χ3v) is 2.97.